The van der Waals surface area contributed by atoms with Crippen molar-refractivity contribution in [2.45, 2.75) is 12.1 Å². The van der Waals surface area contributed by atoms with Gasteiger partial charge in [0.25, 0.3) is 5.91 Å². The van der Waals surface area contributed by atoms with Gasteiger partial charge in [-0.25, -0.2) is 9.96 Å². The van der Waals surface area contributed by atoms with E-state index in [1.165, 1.54) is 16.2 Å². The normalized spacial score (nSPS) is 23.2. The van der Waals surface area contributed by atoms with Crippen LogP contribution >= 0.6 is 22.9 Å². The molecule has 8 heteroatoms. The number of carbonyl (C=O) groups is 2. The van der Waals surface area contributed by atoms with Crippen molar-refractivity contribution in [2.75, 3.05) is 17.1 Å². The molecule has 3 atom stereocenters. The summed E-state index contributed by atoms with van der Waals surface area (Å²) < 4.78 is 5.25. The standard InChI is InChI=1S/C22H17ClN2O4S/c1-28-16-5-2-4-15(12-16)24-21(26)18-19(17-6-3-11-30-17)25(29-20(18)22(24)27)14-9-7-13(23)8-10-14/h2-12,18-20H,1H3/t18-,19+,20+/m1/s1. The van der Waals surface area contributed by atoms with Crippen LogP contribution in [0.25, 0.3) is 0 Å². The molecule has 1 aromatic heterocycles. The average molecular weight is 441 g/mol. The van der Waals surface area contributed by atoms with Gasteiger partial charge < -0.3 is 4.74 Å². The molecule has 0 N–H and O–H groups in total. The van der Waals surface area contributed by atoms with Gasteiger partial charge >= 0.3 is 0 Å². The number of fused-ring (bicyclic) bond motifs is 1. The van der Waals surface area contributed by atoms with Crippen LogP contribution in [0.1, 0.15) is 10.9 Å². The molecular formula is C22H17ClN2O4S. The Morgan fingerprint density at radius 2 is 1.80 bits per heavy atom. The predicted octanol–water partition coefficient (Wildman–Crippen LogP) is 4.46. The zero-order chi connectivity index (χ0) is 20.8. The fraction of sp³-hybridized carbons (Fsp3) is 0.182. The number of hydrogen-bond donors (Lipinski definition) is 0. The predicted molar refractivity (Wildman–Crippen MR) is 115 cm³/mol. The summed E-state index contributed by atoms with van der Waals surface area (Å²) in [5.74, 6) is -0.744. The molecule has 2 fully saturated rings. The molecule has 2 aromatic carbocycles. The number of methoxy groups -OCH3 is 1. The summed E-state index contributed by atoms with van der Waals surface area (Å²) >= 11 is 7.55. The molecule has 0 bridgehead atoms. The molecule has 5 rings (SSSR count). The minimum atomic E-state index is -0.897. The van der Waals surface area contributed by atoms with Crippen LogP contribution in [0.2, 0.25) is 5.02 Å². The Morgan fingerprint density at radius 1 is 1.00 bits per heavy atom. The number of thiophene rings is 1. The van der Waals surface area contributed by atoms with E-state index in [4.69, 9.17) is 21.2 Å². The highest BCUT2D eigenvalue weighted by atomic mass is 35.5. The topological polar surface area (TPSA) is 59.1 Å². The third-order valence-electron chi connectivity index (χ3n) is 5.34. The van der Waals surface area contributed by atoms with Crippen molar-refractivity contribution >= 4 is 46.1 Å². The average Bonchev–Trinajstić information content (AvgIpc) is 3.46. The van der Waals surface area contributed by atoms with E-state index in [-0.39, 0.29) is 11.8 Å². The lowest BCUT2D eigenvalue weighted by Gasteiger charge is -2.28. The van der Waals surface area contributed by atoms with Gasteiger partial charge in [0.2, 0.25) is 5.91 Å². The van der Waals surface area contributed by atoms with Crippen LogP contribution in [0.4, 0.5) is 11.4 Å². The maximum atomic E-state index is 13.5. The number of nitrogens with zero attached hydrogens (tertiary/aromatic N) is 2. The number of rotatable bonds is 4. The first-order chi connectivity index (χ1) is 14.6. The van der Waals surface area contributed by atoms with Crippen molar-refractivity contribution in [3.63, 3.8) is 0 Å². The van der Waals surface area contributed by atoms with Gasteiger partial charge in [-0.05, 0) is 47.8 Å². The summed E-state index contributed by atoms with van der Waals surface area (Å²) in [6.45, 7) is 0. The molecule has 0 aliphatic carbocycles. The van der Waals surface area contributed by atoms with Crippen LogP contribution in [0.5, 0.6) is 5.75 Å². The summed E-state index contributed by atoms with van der Waals surface area (Å²) in [5, 5.41) is 4.21. The highest BCUT2D eigenvalue weighted by Gasteiger charge is 2.60. The fourth-order valence-corrected chi connectivity index (χ4v) is 4.96. The van der Waals surface area contributed by atoms with Crippen molar-refractivity contribution < 1.29 is 19.2 Å². The van der Waals surface area contributed by atoms with Crippen molar-refractivity contribution in [2.24, 2.45) is 5.92 Å². The van der Waals surface area contributed by atoms with Crippen molar-refractivity contribution in [3.8, 4) is 5.75 Å². The van der Waals surface area contributed by atoms with E-state index in [0.717, 1.165) is 10.6 Å². The Bertz CT molecular complexity index is 1100. The number of carbonyl (C=O) groups excluding carboxylic acids is 2. The summed E-state index contributed by atoms with van der Waals surface area (Å²) in [6.07, 6.45) is -0.897. The molecule has 2 aliphatic rings. The Balaban J connectivity index is 1.55. The van der Waals surface area contributed by atoms with Gasteiger partial charge in [-0.15, -0.1) is 11.3 Å². The van der Waals surface area contributed by atoms with E-state index in [9.17, 15) is 9.59 Å². The van der Waals surface area contributed by atoms with E-state index in [1.807, 2.05) is 29.6 Å². The zero-order valence-corrected chi connectivity index (χ0v) is 17.5. The molecule has 0 spiro atoms. The first-order valence-corrected chi connectivity index (χ1v) is 10.6. The van der Waals surface area contributed by atoms with E-state index in [1.54, 1.807) is 48.6 Å². The lowest BCUT2D eigenvalue weighted by Crippen LogP contribution is -2.37. The van der Waals surface area contributed by atoms with E-state index >= 15 is 0 Å². The quantitative estimate of drug-likeness (QED) is 0.560. The summed E-state index contributed by atoms with van der Waals surface area (Å²) in [4.78, 5) is 35.0. The maximum absolute atomic E-state index is 13.5. The monoisotopic (exact) mass is 440 g/mol. The van der Waals surface area contributed by atoms with Crippen LogP contribution < -0.4 is 14.7 Å². The maximum Gasteiger partial charge on any atom is 0.266 e. The third-order valence-corrected chi connectivity index (χ3v) is 6.54. The van der Waals surface area contributed by atoms with Gasteiger partial charge in [-0.1, -0.05) is 23.7 Å². The largest absolute Gasteiger partial charge is 0.497 e. The lowest BCUT2D eigenvalue weighted by atomic mass is 9.95. The molecule has 0 saturated carbocycles. The second-order valence-corrected chi connectivity index (χ2v) is 8.44. The highest BCUT2D eigenvalue weighted by molar-refractivity contribution is 7.10. The molecule has 2 saturated heterocycles. The van der Waals surface area contributed by atoms with Crippen molar-refractivity contribution in [3.05, 3.63) is 75.9 Å². The first-order valence-electron chi connectivity index (χ1n) is 9.35. The number of hydroxylamine groups is 1. The molecule has 0 unspecified atom stereocenters. The van der Waals surface area contributed by atoms with E-state index < -0.39 is 18.1 Å². The van der Waals surface area contributed by atoms with Crippen LogP contribution in [-0.2, 0) is 14.4 Å². The van der Waals surface area contributed by atoms with Crippen molar-refractivity contribution in [1.29, 1.82) is 0 Å². The second-order valence-electron chi connectivity index (χ2n) is 7.03. The van der Waals surface area contributed by atoms with Gasteiger partial charge in [-0.2, -0.15) is 0 Å². The van der Waals surface area contributed by atoms with Gasteiger partial charge in [-0.3, -0.25) is 14.4 Å². The minimum Gasteiger partial charge on any atom is -0.497 e. The van der Waals surface area contributed by atoms with Gasteiger partial charge in [0.15, 0.2) is 6.10 Å². The molecule has 3 aromatic rings. The van der Waals surface area contributed by atoms with Crippen molar-refractivity contribution in [1.82, 2.24) is 0 Å². The lowest BCUT2D eigenvalue weighted by molar-refractivity contribution is -0.126. The SMILES string of the molecule is COc1cccc(N2C(=O)[C@H]3[C@H](ON(c4ccc(Cl)cc4)[C@H]3c3cccs3)C2=O)c1. The minimum absolute atomic E-state index is 0.284. The molecule has 0 radical (unpaired) electrons. The van der Waals surface area contributed by atoms with Crippen LogP contribution in [0.15, 0.2) is 66.0 Å². The number of halogens is 1. The van der Waals surface area contributed by atoms with E-state index in [0.29, 0.717) is 16.5 Å². The fourth-order valence-electron chi connectivity index (χ4n) is 3.98. The molecule has 152 valence electrons. The van der Waals surface area contributed by atoms with Crippen LogP contribution in [-0.4, -0.2) is 25.0 Å². The summed E-state index contributed by atoms with van der Waals surface area (Å²) in [5.41, 5.74) is 1.21. The molecule has 2 amide bonds. The Morgan fingerprint density at radius 3 is 2.50 bits per heavy atom. The third kappa shape index (κ3) is 2.98. The second kappa shape index (κ2) is 7.43. The zero-order valence-electron chi connectivity index (χ0n) is 15.9. The van der Waals surface area contributed by atoms with Gasteiger partial charge in [0.1, 0.15) is 17.7 Å². The Kier molecular flexibility index (Phi) is 4.73. The van der Waals surface area contributed by atoms with Gasteiger partial charge in [0, 0.05) is 16.0 Å². The number of anilines is 2. The molecule has 3 heterocycles. The number of amides is 2. The van der Waals surface area contributed by atoms with Crippen LogP contribution in [0.3, 0.4) is 0 Å². The number of hydrogen-bond acceptors (Lipinski definition) is 6. The molecular weight excluding hydrogens is 424 g/mol. The summed E-state index contributed by atoms with van der Waals surface area (Å²) in [7, 11) is 1.54. The number of benzene rings is 2. The molecule has 2 aliphatic heterocycles. The van der Waals surface area contributed by atoms with E-state index in [2.05, 4.69) is 0 Å². The molecule has 6 nitrogen and oxygen atoms in total. The number of imide groups is 1. The smallest absolute Gasteiger partial charge is 0.266 e. The first kappa shape index (κ1) is 19.1. The summed E-state index contributed by atoms with van der Waals surface area (Å²) in [6, 6.07) is 17.5. The Labute approximate surface area is 182 Å². The van der Waals surface area contributed by atoms with Gasteiger partial charge in [0.05, 0.1) is 18.5 Å². The molecule has 30 heavy (non-hydrogen) atoms. The highest BCUT2D eigenvalue weighted by Crippen LogP contribution is 2.48. The Hall–Kier alpha value is -2.87. The number of ether oxygens (including phenoxy) is 1. The van der Waals surface area contributed by atoms with Crippen LogP contribution in [0, 0.1) is 5.92 Å².